The summed E-state index contributed by atoms with van der Waals surface area (Å²) < 4.78 is 6.03. The van der Waals surface area contributed by atoms with E-state index >= 15 is 0 Å². The first-order chi connectivity index (χ1) is 20.7. The van der Waals surface area contributed by atoms with Crippen LogP contribution in [0.2, 0.25) is 20.1 Å². The van der Waals surface area contributed by atoms with E-state index in [4.69, 9.17) is 51.1 Å². The molecule has 2 aliphatic heterocycles. The van der Waals surface area contributed by atoms with E-state index < -0.39 is 24.1 Å². The van der Waals surface area contributed by atoms with Crippen molar-refractivity contribution in [1.29, 1.82) is 0 Å². The van der Waals surface area contributed by atoms with Crippen LogP contribution in [0.25, 0.3) is 0 Å². The van der Waals surface area contributed by atoms with Gasteiger partial charge in [0.15, 0.2) is 0 Å². The molecule has 2 aliphatic rings. The Morgan fingerprint density at radius 1 is 0.837 bits per heavy atom. The Morgan fingerprint density at radius 2 is 1.51 bits per heavy atom. The molecule has 0 saturated heterocycles. The Hall–Kier alpha value is -3.79. The maximum Gasteiger partial charge on any atom is 0.342 e. The van der Waals surface area contributed by atoms with Gasteiger partial charge in [-0.25, -0.2) is 9.59 Å². The van der Waals surface area contributed by atoms with Crippen molar-refractivity contribution >= 4 is 75.6 Å². The maximum absolute atomic E-state index is 13.9. The molecule has 0 radical (unpaired) electrons. The van der Waals surface area contributed by atoms with Gasteiger partial charge in [-0.05, 0) is 41.8 Å². The van der Waals surface area contributed by atoms with Crippen molar-refractivity contribution in [2.45, 2.75) is 19.2 Å². The zero-order valence-corrected chi connectivity index (χ0v) is 25.1. The monoisotopic (exact) mass is 655 g/mol. The first kappa shape index (κ1) is 29.3. The summed E-state index contributed by atoms with van der Waals surface area (Å²) in [5, 5.41) is 15.1. The normalized spacial score (nSPS) is 15.1. The molecule has 43 heavy (non-hydrogen) atoms. The lowest BCUT2D eigenvalue weighted by Crippen LogP contribution is -2.33. The Labute approximate surface area is 266 Å². The van der Waals surface area contributed by atoms with E-state index in [9.17, 15) is 19.5 Å². The largest absolute Gasteiger partial charge is 0.478 e. The molecule has 1 unspecified atom stereocenters. The van der Waals surface area contributed by atoms with E-state index in [-0.39, 0.29) is 43.3 Å². The maximum atomic E-state index is 13.9. The van der Waals surface area contributed by atoms with Gasteiger partial charge in [0.1, 0.15) is 0 Å². The van der Waals surface area contributed by atoms with Crippen LogP contribution in [0.1, 0.15) is 54.0 Å². The molecule has 2 N–H and O–H groups in total. The average Bonchev–Trinajstić information content (AvgIpc) is 3.52. The lowest BCUT2D eigenvalue weighted by Gasteiger charge is -2.27. The molecule has 218 valence electrons. The van der Waals surface area contributed by atoms with Gasteiger partial charge in [0.2, 0.25) is 6.23 Å². The summed E-state index contributed by atoms with van der Waals surface area (Å²) in [7, 11) is 0. The molecule has 4 aromatic carbocycles. The molecule has 2 heterocycles. The van der Waals surface area contributed by atoms with Crippen LogP contribution in [0.15, 0.2) is 72.8 Å². The Morgan fingerprint density at radius 3 is 2.23 bits per heavy atom. The minimum Gasteiger partial charge on any atom is -0.478 e. The number of esters is 1. The third-order valence-electron chi connectivity index (χ3n) is 7.31. The van der Waals surface area contributed by atoms with Crippen molar-refractivity contribution < 1.29 is 24.2 Å². The topological polar surface area (TPSA) is 99.2 Å². The molecule has 0 fully saturated rings. The number of carbonyl (C=O) groups is 3. The second kappa shape index (κ2) is 11.7. The summed E-state index contributed by atoms with van der Waals surface area (Å²) in [4.78, 5) is 39.2. The third-order valence-corrected chi connectivity index (χ3v) is 9.11. The molecule has 1 atom stereocenters. The number of fused-ring (bicyclic) bond motifs is 5. The number of hydrazine groups is 1. The number of aromatic carboxylic acids is 1. The highest BCUT2D eigenvalue weighted by Gasteiger charge is 2.45. The minimum atomic E-state index is -1.14. The Kier molecular flexibility index (Phi) is 7.98. The zero-order valence-electron chi connectivity index (χ0n) is 22.1. The van der Waals surface area contributed by atoms with Crippen molar-refractivity contribution in [1.82, 2.24) is 10.3 Å². The lowest BCUT2D eigenvalue weighted by atomic mass is 10.0. The van der Waals surface area contributed by atoms with Crippen molar-refractivity contribution in [3.8, 4) is 0 Å². The third kappa shape index (κ3) is 5.19. The van der Waals surface area contributed by atoms with Gasteiger partial charge in [0.25, 0.3) is 5.91 Å². The summed E-state index contributed by atoms with van der Waals surface area (Å²) >= 11 is 25.6. The van der Waals surface area contributed by atoms with E-state index in [1.54, 1.807) is 11.1 Å². The summed E-state index contributed by atoms with van der Waals surface area (Å²) in [5.74, 6) is -2.82. The van der Waals surface area contributed by atoms with E-state index in [0.717, 1.165) is 16.8 Å². The van der Waals surface area contributed by atoms with Gasteiger partial charge in [-0.1, -0.05) is 94.9 Å². The molecule has 0 saturated carbocycles. The number of nitrogens with zero attached hydrogens (tertiary/aromatic N) is 2. The van der Waals surface area contributed by atoms with Crippen molar-refractivity contribution in [2.24, 2.45) is 0 Å². The number of benzene rings is 4. The van der Waals surface area contributed by atoms with E-state index in [1.807, 2.05) is 59.6 Å². The van der Waals surface area contributed by atoms with Crippen LogP contribution in [-0.2, 0) is 17.7 Å². The Balaban J connectivity index is 1.36. The predicted octanol–water partition coefficient (Wildman–Crippen LogP) is 7.71. The van der Waals surface area contributed by atoms with Crippen LogP contribution >= 0.6 is 46.4 Å². The lowest BCUT2D eigenvalue weighted by molar-refractivity contribution is -0.0261. The highest BCUT2D eigenvalue weighted by atomic mass is 35.5. The van der Waals surface area contributed by atoms with Crippen LogP contribution in [0.5, 0.6) is 0 Å². The summed E-state index contributed by atoms with van der Waals surface area (Å²) in [6.07, 6.45) is -0.540. The second-order valence-corrected chi connectivity index (χ2v) is 11.4. The number of carboxylic acid groups (broad SMARTS) is 1. The number of ether oxygens (including phenoxy) is 1. The van der Waals surface area contributed by atoms with Crippen molar-refractivity contribution in [2.75, 3.05) is 11.6 Å². The summed E-state index contributed by atoms with van der Waals surface area (Å²) in [6, 6.07) is 21.8. The molecule has 0 spiro atoms. The molecule has 1 amide bonds. The van der Waals surface area contributed by atoms with Gasteiger partial charge in [-0.2, -0.15) is 5.01 Å². The summed E-state index contributed by atoms with van der Waals surface area (Å²) in [5.41, 5.74) is 3.30. The minimum absolute atomic E-state index is 0.0181. The number of nitrogens with one attached hydrogen (secondary N) is 1. The van der Waals surface area contributed by atoms with Gasteiger partial charge in [-0.3, -0.25) is 9.80 Å². The molecule has 0 aliphatic carbocycles. The van der Waals surface area contributed by atoms with Crippen molar-refractivity contribution in [3.05, 3.63) is 126 Å². The molecule has 8 nitrogen and oxygen atoms in total. The quantitative estimate of drug-likeness (QED) is 0.119. The number of rotatable bonds is 7. The number of hydrogen-bond acceptors (Lipinski definition) is 6. The molecular formula is C31H21Cl4N3O5. The number of carbonyl (C=O) groups excluding carboxylic acids is 2. The molecule has 12 heteroatoms. The molecule has 6 rings (SSSR count). The SMILES string of the molecule is O=C(O)c1ccc2c(c1)C(OC(=O)c1c(Cl)c(Cl)c(Cl)c(Cl)c1C(=O)NCCc1ccccc1)N1Cc3ccccc3N21. The number of hydrogen-bond donors (Lipinski definition) is 2. The highest BCUT2D eigenvalue weighted by Crippen LogP contribution is 2.51. The number of anilines is 2. The first-order valence-corrected chi connectivity index (χ1v) is 14.6. The number of halogens is 4. The van der Waals surface area contributed by atoms with Gasteiger partial charge in [0, 0.05) is 18.7 Å². The average molecular weight is 657 g/mol. The number of carboxylic acids is 1. The smallest absolute Gasteiger partial charge is 0.342 e. The molecule has 0 bridgehead atoms. The molecule has 4 aromatic rings. The number of amides is 1. The van der Waals surface area contributed by atoms with E-state index in [2.05, 4.69) is 5.32 Å². The highest BCUT2D eigenvalue weighted by molar-refractivity contribution is 6.54. The van der Waals surface area contributed by atoms with Gasteiger partial charge in [-0.15, -0.1) is 0 Å². The van der Waals surface area contributed by atoms with Crippen LogP contribution < -0.4 is 10.3 Å². The predicted molar refractivity (Wildman–Crippen MR) is 165 cm³/mol. The number of para-hydroxylation sites is 1. The zero-order chi connectivity index (χ0) is 30.4. The van der Waals surface area contributed by atoms with Crippen LogP contribution in [-0.4, -0.2) is 34.5 Å². The van der Waals surface area contributed by atoms with E-state index in [0.29, 0.717) is 24.2 Å². The fourth-order valence-corrected chi connectivity index (χ4v) is 6.32. The fourth-order valence-electron chi connectivity index (χ4n) is 5.30. The van der Waals surface area contributed by atoms with Gasteiger partial charge >= 0.3 is 11.9 Å². The standard InChI is InChI=1S/C31H21Cl4N3O5/c32-24-22(28(39)36-13-12-16-6-2-1-3-7-16)23(25(33)27(35)26(24)34)31(42)43-29-19-14-17(30(40)41)10-11-21(19)38-20-9-5-4-8-18(20)15-37(29)38/h1-11,14,29H,12-13,15H2,(H,36,39)(H,40,41). The summed E-state index contributed by atoms with van der Waals surface area (Å²) in [6.45, 7) is 0.606. The first-order valence-electron chi connectivity index (χ1n) is 13.1. The van der Waals surface area contributed by atoms with Gasteiger partial charge in [0.05, 0.1) is 48.2 Å². The second-order valence-electron chi connectivity index (χ2n) is 9.87. The van der Waals surface area contributed by atoms with Crippen molar-refractivity contribution in [3.63, 3.8) is 0 Å². The molecular weight excluding hydrogens is 636 g/mol. The van der Waals surface area contributed by atoms with Gasteiger partial charge < -0.3 is 15.2 Å². The van der Waals surface area contributed by atoms with Crippen LogP contribution in [0.3, 0.4) is 0 Å². The van der Waals surface area contributed by atoms with Crippen LogP contribution in [0.4, 0.5) is 11.4 Å². The Bertz CT molecular complexity index is 1800. The van der Waals surface area contributed by atoms with E-state index in [1.165, 1.54) is 12.1 Å². The fraction of sp³-hybridized carbons (Fsp3) is 0.129. The van der Waals surface area contributed by atoms with Crippen LogP contribution in [0, 0.1) is 0 Å². The molecule has 0 aromatic heterocycles.